The first-order valence-corrected chi connectivity index (χ1v) is 8.78. The Labute approximate surface area is 154 Å². The number of amides is 1. The number of aldehydes is 1. The number of hydroxylamine groups is 2. The molecule has 1 aliphatic carbocycles. The van der Waals surface area contributed by atoms with Crippen molar-refractivity contribution >= 4 is 12.2 Å². The fourth-order valence-electron chi connectivity index (χ4n) is 3.58. The zero-order valence-electron chi connectivity index (χ0n) is 14.4. The van der Waals surface area contributed by atoms with Crippen LogP contribution in [0.15, 0.2) is 42.5 Å². The van der Waals surface area contributed by atoms with Crippen LogP contribution in [0.4, 0.5) is 8.78 Å². The van der Waals surface area contributed by atoms with E-state index in [2.05, 4.69) is 0 Å². The molecule has 1 amide bonds. The third-order valence-electron chi connectivity index (χ3n) is 5.12. The predicted octanol–water partition coefficient (Wildman–Crippen LogP) is 3.26. The number of benzene rings is 2. The maximum Gasteiger partial charge on any atom is 0.261 e. The first-order chi connectivity index (χ1) is 13.0. The number of hydrogen-bond acceptors (Lipinski definition) is 4. The largest absolute Gasteiger partial charge is 0.314 e. The van der Waals surface area contributed by atoms with Crippen LogP contribution in [-0.4, -0.2) is 40.0 Å². The standard InChI is InChI=1S/C20H18F2N2O3/c21-16-5-2-6-17(22)18(16)20(26)23-10-15(11-25)24(27)19(23)14-4-1-3-13(9-14)12-7-8-12/h1-6,9,11-12,15,19,27H,7-8,10H2. The first-order valence-electron chi connectivity index (χ1n) is 8.78. The quantitative estimate of drug-likeness (QED) is 0.837. The van der Waals surface area contributed by atoms with Crippen molar-refractivity contribution < 1.29 is 23.6 Å². The minimum Gasteiger partial charge on any atom is -0.314 e. The van der Waals surface area contributed by atoms with Crippen molar-refractivity contribution in [1.29, 1.82) is 0 Å². The Morgan fingerprint density at radius 3 is 2.33 bits per heavy atom. The molecule has 2 aromatic rings. The first kappa shape index (κ1) is 17.8. The van der Waals surface area contributed by atoms with Gasteiger partial charge in [-0.15, -0.1) is 0 Å². The van der Waals surface area contributed by atoms with Gasteiger partial charge in [-0.25, -0.2) is 8.78 Å². The van der Waals surface area contributed by atoms with Gasteiger partial charge in [0.25, 0.3) is 5.91 Å². The van der Waals surface area contributed by atoms with E-state index >= 15 is 0 Å². The van der Waals surface area contributed by atoms with Crippen molar-refractivity contribution in [3.63, 3.8) is 0 Å². The van der Waals surface area contributed by atoms with Crippen LogP contribution in [0.2, 0.25) is 0 Å². The molecule has 2 fully saturated rings. The van der Waals surface area contributed by atoms with Crippen molar-refractivity contribution in [1.82, 2.24) is 9.96 Å². The molecule has 0 bridgehead atoms. The summed E-state index contributed by atoms with van der Waals surface area (Å²) < 4.78 is 28.2. The number of carbonyl (C=O) groups excluding carboxylic acids is 2. The highest BCUT2D eigenvalue weighted by molar-refractivity contribution is 5.95. The Kier molecular flexibility index (Phi) is 4.49. The normalized spacial score (nSPS) is 22.9. The SMILES string of the molecule is O=CC1CN(C(=O)c2c(F)cccc2F)C(c2cccc(C3CC3)c2)N1O. The topological polar surface area (TPSA) is 60.9 Å². The molecular weight excluding hydrogens is 354 g/mol. The number of carbonyl (C=O) groups is 2. The fourth-order valence-corrected chi connectivity index (χ4v) is 3.58. The van der Waals surface area contributed by atoms with E-state index in [1.807, 2.05) is 18.2 Å². The van der Waals surface area contributed by atoms with Gasteiger partial charge in [0.1, 0.15) is 35.7 Å². The van der Waals surface area contributed by atoms with E-state index in [0.29, 0.717) is 17.8 Å². The molecule has 140 valence electrons. The Morgan fingerprint density at radius 1 is 1.07 bits per heavy atom. The summed E-state index contributed by atoms with van der Waals surface area (Å²) in [5.74, 6) is -2.42. The second-order valence-electron chi connectivity index (χ2n) is 6.96. The lowest BCUT2D eigenvalue weighted by Gasteiger charge is -2.28. The number of hydrogen-bond donors (Lipinski definition) is 1. The molecule has 0 spiro atoms. The number of rotatable bonds is 4. The van der Waals surface area contributed by atoms with Crippen LogP contribution >= 0.6 is 0 Å². The molecule has 1 saturated carbocycles. The molecule has 27 heavy (non-hydrogen) atoms. The van der Waals surface area contributed by atoms with Gasteiger partial charge in [-0.05, 0) is 42.0 Å². The molecule has 1 saturated heterocycles. The third kappa shape index (κ3) is 3.13. The smallest absolute Gasteiger partial charge is 0.261 e. The Morgan fingerprint density at radius 2 is 1.70 bits per heavy atom. The minimum absolute atomic E-state index is 0.162. The van der Waals surface area contributed by atoms with E-state index in [0.717, 1.165) is 40.5 Å². The van der Waals surface area contributed by atoms with E-state index in [4.69, 9.17) is 0 Å². The zero-order chi connectivity index (χ0) is 19.1. The van der Waals surface area contributed by atoms with Crippen LogP contribution in [-0.2, 0) is 4.79 Å². The Balaban J connectivity index is 1.74. The predicted molar refractivity (Wildman–Crippen MR) is 92.0 cm³/mol. The highest BCUT2D eigenvalue weighted by Gasteiger charge is 2.44. The molecule has 2 aliphatic rings. The summed E-state index contributed by atoms with van der Waals surface area (Å²) in [7, 11) is 0. The molecule has 2 aromatic carbocycles. The lowest BCUT2D eigenvalue weighted by Crippen LogP contribution is -2.35. The van der Waals surface area contributed by atoms with Crippen molar-refractivity contribution in [2.45, 2.75) is 31.0 Å². The van der Waals surface area contributed by atoms with E-state index in [1.54, 1.807) is 6.07 Å². The van der Waals surface area contributed by atoms with Crippen LogP contribution in [0.25, 0.3) is 0 Å². The average Bonchev–Trinajstić information content (AvgIpc) is 3.45. The maximum atomic E-state index is 14.1. The molecule has 1 N–H and O–H groups in total. The van der Waals surface area contributed by atoms with Gasteiger partial charge in [0.05, 0.1) is 0 Å². The molecule has 1 aliphatic heterocycles. The monoisotopic (exact) mass is 372 g/mol. The van der Waals surface area contributed by atoms with Gasteiger partial charge in [-0.3, -0.25) is 4.79 Å². The van der Waals surface area contributed by atoms with Crippen LogP contribution in [0.5, 0.6) is 0 Å². The molecule has 0 aromatic heterocycles. The van der Waals surface area contributed by atoms with Crippen molar-refractivity contribution in [2.24, 2.45) is 0 Å². The molecule has 4 rings (SSSR count). The van der Waals surface area contributed by atoms with Crippen LogP contribution in [0, 0.1) is 11.6 Å². The molecule has 2 atom stereocenters. The van der Waals surface area contributed by atoms with Gasteiger partial charge in [-0.1, -0.05) is 30.3 Å². The van der Waals surface area contributed by atoms with E-state index in [9.17, 15) is 23.6 Å². The average molecular weight is 372 g/mol. The number of halogens is 2. The minimum atomic E-state index is -0.995. The van der Waals surface area contributed by atoms with Crippen molar-refractivity contribution in [3.05, 3.63) is 70.8 Å². The van der Waals surface area contributed by atoms with E-state index in [-0.39, 0.29) is 6.54 Å². The van der Waals surface area contributed by atoms with Gasteiger partial charge in [0.15, 0.2) is 0 Å². The van der Waals surface area contributed by atoms with Crippen LogP contribution in [0.3, 0.4) is 0 Å². The molecular formula is C20H18F2N2O3. The fraction of sp³-hybridized carbons (Fsp3) is 0.300. The van der Waals surface area contributed by atoms with Gasteiger partial charge in [0.2, 0.25) is 0 Å². The third-order valence-corrected chi connectivity index (χ3v) is 5.12. The Hall–Kier alpha value is -2.64. The lowest BCUT2D eigenvalue weighted by molar-refractivity contribution is -0.154. The molecule has 5 nitrogen and oxygen atoms in total. The zero-order valence-corrected chi connectivity index (χ0v) is 14.4. The van der Waals surface area contributed by atoms with Gasteiger partial charge in [0, 0.05) is 6.54 Å². The highest BCUT2D eigenvalue weighted by Crippen LogP contribution is 2.42. The molecule has 0 radical (unpaired) electrons. The van der Waals surface area contributed by atoms with Crippen molar-refractivity contribution in [3.8, 4) is 0 Å². The second kappa shape index (κ2) is 6.83. The summed E-state index contributed by atoms with van der Waals surface area (Å²) in [4.78, 5) is 25.4. The van der Waals surface area contributed by atoms with Gasteiger partial charge < -0.3 is 14.9 Å². The summed E-state index contributed by atoms with van der Waals surface area (Å²) in [6.45, 7) is -0.162. The van der Waals surface area contributed by atoms with Crippen LogP contribution in [0.1, 0.15) is 46.4 Å². The highest BCUT2D eigenvalue weighted by atomic mass is 19.1. The van der Waals surface area contributed by atoms with Gasteiger partial charge in [-0.2, -0.15) is 5.06 Å². The van der Waals surface area contributed by atoms with E-state index < -0.39 is 35.3 Å². The Bertz CT molecular complexity index is 880. The number of nitrogens with zero attached hydrogens (tertiary/aromatic N) is 2. The van der Waals surface area contributed by atoms with E-state index in [1.165, 1.54) is 6.07 Å². The van der Waals surface area contributed by atoms with Crippen LogP contribution < -0.4 is 0 Å². The summed E-state index contributed by atoms with van der Waals surface area (Å²) in [6.07, 6.45) is 1.68. The van der Waals surface area contributed by atoms with Gasteiger partial charge >= 0.3 is 0 Å². The summed E-state index contributed by atoms with van der Waals surface area (Å²) in [5.41, 5.74) is 0.983. The summed E-state index contributed by atoms with van der Waals surface area (Å²) in [5, 5.41) is 11.2. The summed E-state index contributed by atoms with van der Waals surface area (Å²) in [6, 6.07) is 9.59. The molecule has 1 heterocycles. The summed E-state index contributed by atoms with van der Waals surface area (Å²) >= 11 is 0. The molecule has 7 heteroatoms. The van der Waals surface area contributed by atoms with Crippen molar-refractivity contribution in [2.75, 3.05) is 6.54 Å². The lowest BCUT2D eigenvalue weighted by atomic mass is 10.0. The molecule has 2 unspecified atom stereocenters. The maximum absolute atomic E-state index is 14.1. The second-order valence-corrected chi connectivity index (χ2v) is 6.96.